The van der Waals surface area contributed by atoms with Gasteiger partial charge in [-0.2, -0.15) is 0 Å². The van der Waals surface area contributed by atoms with E-state index in [0.29, 0.717) is 6.04 Å². The summed E-state index contributed by atoms with van der Waals surface area (Å²) in [6.45, 7) is 7.40. The normalized spacial score (nSPS) is 36.3. The molecular weight excluding hydrogens is 224 g/mol. The number of piperazine rings is 1. The highest BCUT2D eigenvalue weighted by Gasteiger charge is 2.34. The minimum atomic E-state index is 0.693. The molecule has 3 rings (SSSR count). The fourth-order valence-electron chi connectivity index (χ4n) is 3.35. The number of rotatable bonds is 4. The first-order chi connectivity index (χ1) is 8.72. The Balaban J connectivity index is 1.40. The van der Waals surface area contributed by atoms with Crippen LogP contribution in [0.5, 0.6) is 0 Å². The van der Waals surface area contributed by atoms with Crippen molar-refractivity contribution in [1.29, 1.82) is 0 Å². The van der Waals surface area contributed by atoms with E-state index in [-0.39, 0.29) is 0 Å². The fraction of sp³-hybridized carbons (Fsp3) is 1.00. The van der Waals surface area contributed by atoms with Gasteiger partial charge in [0.05, 0.1) is 0 Å². The third-order valence-corrected chi connectivity index (χ3v) is 4.91. The van der Waals surface area contributed by atoms with Crippen LogP contribution in [0.3, 0.4) is 0 Å². The molecule has 2 aliphatic heterocycles. The van der Waals surface area contributed by atoms with Gasteiger partial charge in [0.1, 0.15) is 0 Å². The molecule has 0 aromatic heterocycles. The topological polar surface area (TPSA) is 21.8 Å². The number of nitrogens with zero attached hydrogens (tertiary/aromatic N) is 3. The summed E-state index contributed by atoms with van der Waals surface area (Å²) in [4.78, 5) is 7.66. The zero-order valence-corrected chi connectivity index (χ0v) is 11.9. The summed E-state index contributed by atoms with van der Waals surface area (Å²) in [5.41, 5.74) is 0. The lowest BCUT2D eigenvalue weighted by atomic mass is 10.1. The highest BCUT2D eigenvalue weighted by Crippen LogP contribution is 2.29. The standard InChI is InChI=1S/C14H28N4/c1-16-7-8-17(2)14(11-16)9-15-12-5-6-18(10-12)13-3-4-13/h12-15H,3-11H2,1-2H3. The van der Waals surface area contributed by atoms with Crippen molar-refractivity contribution in [1.82, 2.24) is 20.0 Å². The van der Waals surface area contributed by atoms with Crippen LogP contribution in [0.25, 0.3) is 0 Å². The third kappa shape index (κ3) is 3.05. The number of hydrogen-bond acceptors (Lipinski definition) is 4. The Morgan fingerprint density at radius 2 is 1.83 bits per heavy atom. The van der Waals surface area contributed by atoms with Crippen molar-refractivity contribution in [3.8, 4) is 0 Å². The number of nitrogens with one attached hydrogen (secondary N) is 1. The lowest BCUT2D eigenvalue weighted by Gasteiger charge is -2.38. The van der Waals surface area contributed by atoms with E-state index in [1.54, 1.807) is 0 Å². The van der Waals surface area contributed by atoms with Crippen LogP contribution in [0.4, 0.5) is 0 Å². The molecule has 0 aromatic carbocycles. The molecule has 0 spiro atoms. The van der Waals surface area contributed by atoms with Crippen LogP contribution in [-0.2, 0) is 0 Å². The third-order valence-electron chi connectivity index (χ3n) is 4.91. The number of likely N-dealkylation sites (N-methyl/N-ethyl adjacent to an activating group) is 2. The summed E-state index contributed by atoms with van der Waals surface area (Å²) in [6, 6.07) is 2.38. The lowest BCUT2D eigenvalue weighted by molar-refractivity contribution is 0.111. The average Bonchev–Trinajstić information content (AvgIpc) is 3.10. The van der Waals surface area contributed by atoms with Gasteiger partial charge in [-0.3, -0.25) is 9.80 Å². The van der Waals surface area contributed by atoms with Crippen LogP contribution in [0.1, 0.15) is 19.3 Å². The molecule has 2 unspecified atom stereocenters. The van der Waals surface area contributed by atoms with E-state index in [1.165, 1.54) is 52.0 Å². The molecule has 2 saturated heterocycles. The summed E-state index contributed by atoms with van der Waals surface area (Å²) in [5, 5.41) is 3.80. The van der Waals surface area contributed by atoms with Gasteiger partial charge in [0.15, 0.2) is 0 Å². The summed E-state index contributed by atoms with van der Waals surface area (Å²) < 4.78 is 0. The van der Waals surface area contributed by atoms with Crippen molar-refractivity contribution in [2.75, 3.05) is 53.4 Å². The summed E-state index contributed by atoms with van der Waals surface area (Å²) in [6.07, 6.45) is 4.24. The fourth-order valence-corrected chi connectivity index (χ4v) is 3.35. The van der Waals surface area contributed by atoms with Gasteiger partial charge in [-0.15, -0.1) is 0 Å². The van der Waals surface area contributed by atoms with Gasteiger partial charge in [-0.25, -0.2) is 0 Å². The van der Waals surface area contributed by atoms with Crippen molar-refractivity contribution in [2.45, 2.75) is 37.4 Å². The molecule has 3 fully saturated rings. The Morgan fingerprint density at radius 3 is 2.61 bits per heavy atom. The van der Waals surface area contributed by atoms with Gasteiger partial charge >= 0.3 is 0 Å². The second-order valence-electron chi connectivity index (χ2n) is 6.52. The van der Waals surface area contributed by atoms with E-state index in [9.17, 15) is 0 Å². The van der Waals surface area contributed by atoms with E-state index >= 15 is 0 Å². The van der Waals surface area contributed by atoms with Gasteiger partial charge < -0.3 is 10.2 Å². The van der Waals surface area contributed by atoms with Crippen LogP contribution >= 0.6 is 0 Å². The zero-order chi connectivity index (χ0) is 12.5. The first-order valence-corrected chi connectivity index (χ1v) is 7.58. The van der Waals surface area contributed by atoms with E-state index < -0.39 is 0 Å². The van der Waals surface area contributed by atoms with Crippen molar-refractivity contribution in [3.05, 3.63) is 0 Å². The predicted octanol–water partition coefficient (Wildman–Crippen LogP) is 0.0585. The van der Waals surface area contributed by atoms with Crippen LogP contribution in [0.15, 0.2) is 0 Å². The van der Waals surface area contributed by atoms with Gasteiger partial charge in [0.25, 0.3) is 0 Å². The van der Waals surface area contributed by atoms with Crippen LogP contribution in [0, 0.1) is 0 Å². The molecule has 104 valence electrons. The Morgan fingerprint density at radius 1 is 1.00 bits per heavy atom. The van der Waals surface area contributed by atoms with Gasteiger partial charge in [-0.1, -0.05) is 0 Å². The molecule has 2 heterocycles. The highest BCUT2D eigenvalue weighted by atomic mass is 15.3. The summed E-state index contributed by atoms with van der Waals surface area (Å²) in [7, 11) is 4.51. The SMILES string of the molecule is CN1CCN(C)C(CNC2CCN(C3CC3)C2)C1. The maximum absolute atomic E-state index is 3.80. The van der Waals surface area contributed by atoms with E-state index in [4.69, 9.17) is 0 Å². The Bertz CT molecular complexity index is 279. The largest absolute Gasteiger partial charge is 0.311 e. The molecule has 0 aromatic rings. The highest BCUT2D eigenvalue weighted by molar-refractivity contribution is 4.92. The molecule has 0 bridgehead atoms. The second-order valence-corrected chi connectivity index (χ2v) is 6.52. The molecule has 18 heavy (non-hydrogen) atoms. The van der Waals surface area contributed by atoms with E-state index in [0.717, 1.165) is 18.6 Å². The summed E-state index contributed by atoms with van der Waals surface area (Å²) >= 11 is 0. The van der Waals surface area contributed by atoms with Crippen molar-refractivity contribution < 1.29 is 0 Å². The molecular formula is C14H28N4. The van der Waals surface area contributed by atoms with Crippen molar-refractivity contribution >= 4 is 0 Å². The molecule has 2 atom stereocenters. The molecule has 3 aliphatic rings. The quantitative estimate of drug-likeness (QED) is 0.764. The minimum absolute atomic E-state index is 0.693. The van der Waals surface area contributed by atoms with Gasteiger partial charge in [-0.05, 0) is 33.4 Å². The summed E-state index contributed by atoms with van der Waals surface area (Å²) in [5.74, 6) is 0. The maximum Gasteiger partial charge on any atom is 0.0345 e. The van der Waals surface area contributed by atoms with Crippen LogP contribution in [0.2, 0.25) is 0 Å². The first kappa shape index (κ1) is 12.9. The molecule has 1 aliphatic carbocycles. The van der Waals surface area contributed by atoms with Crippen LogP contribution < -0.4 is 5.32 Å². The molecule has 1 N–H and O–H groups in total. The van der Waals surface area contributed by atoms with Crippen LogP contribution in [-0.4, -0.2) is 86.2 Å². The number of hydrogen-bond donors (Lipinski definition) is 1. The van der Waals surface area contributed by atoms with Gasteiger partial charge in [0, 0.05) is 57.4 Å². The Kier molecular flexibility index (Phi) is 3.89. The van der Waals surface area contributed by atoms with Crippen molar-refractivity contribution in [2.24, 2.45) is 0 Å². The number of likely N-dealkylation sites (tertiary alicyclic amines) is 1. The smallest absolute Gasteiger partial charge is 0.0345 e. The Hall–Kier alpha value is -0.160. The Labute approximate surface area is 111 Å². The van der Waals surface area contributed by atoms with E-state index in [2.05, 4.69) is 34.1 Å². The molecule has 4 nitrogen and oxygen atoms in total. The predicted molar refractivity (Wildman–Crippen MR) is 74.9 cm³/mol. The minimum Gasteiger partial charge on any atom is -0.311 e. The second kappa shape index (κ2) is 5.45. The molecule has 0 amide bonds. The lowest BCUT2D eigenvalue weighted by Crippen LogP contribution is -2.55. The molecule has 1 saturated carbocycles. The first-order valence-electron chi connectivity index (χ1n) is 7.58. The van der Waals surface area contributed by atoms with E-state index in [1.807, 2.05) is 0 Å². The molecule has 0 radical (unpaired) electrons. The molecule has 4 heteroatoms. The maximum atomic E-state index is 3.80. The van der Waals surface area contributed by atoms with Gasteiger partial charge in [0.2, 0.25) is 0 Å². The van der Waals surface area contributed by atoms with Crippen molar-refractivity contribution in [3.63, 3.8) is 0 Å². The monoisotopic (exact) mass is 252 g/mol. The zero-order valence-electron chi connectivity index (χ0n) is 11.9. The average molecular weight is 252 g/mol.